The SMILES string of the molecule is CC(C)C[C@H](NS(=O)(=O)c1nc2ccccc2s1)C(=O)N(C)[C@@H](CC(C)C)C(=O)N(C)[C@H](C(=O)OC(C)(C)C)C(C)C. The average Bonchev–Trinajstić information content (AvgIpc) is 3.29. The van der Waals surface area contributed by atoms with Gasteiger partial charge in [-0.3, -0.25) is 9.59 Å². The third-order valence-electron chi connectivity index (χ3n) is 6.65. The van der Waals surface area contributed by atoms with E-state index >= 15 is 0 Å². The van der Waals surface area contributed by atoms with Gasteiger partial charge in [0.25, 0.3) is 10.0 Å². The quantitative estimate of drug-likeness (QED) is 0.321. The van der Waals surface area contributed by atoms with Crippen molar-refractivity contribution in [3.63, 3.8) is 0 Å². The second kappa shape index (κ2) is 14.3. The molecule has 0 saturated carbocycles. The largest absolute Gasteiger partial charge is 0.458 e. The average molecular weight is 625 g/mol. The summed E-state index contributed by atoms with van der Waals surface area (Å²) < 4.78 is 35.6. The van der Waals surface area contributed by atoms with E-state index in [1.807, 2.05) is 41.5 Å². The molecule has 0 unspecified atom stereocenters. The minimum absolute atomic E-state index is 0.0233. The van der Waals surface area contributed by atoms with Crippen LogP contribution in [-0.2, 0) is 29.1 Å². The van der Waals surface area contributed by atoms with Gasteiger partial charge in [0.1, 0.15) is 23.7 Å². The fourth-order valence-corrected chi connectivity index (χ4v) is 7.20. The van der Waals surface area contributed by atoms with Crippen LogP contribution < -0.4 is 4.72 Å². The number of ether oxygens (including phenoxy) is 1. The summed E-state index contributed by atoms with van der Waals surface area (Å²) in [6.07, 6.45) is 0.543. The Kier molecular flexibility index (Phi) is 12.1. The van der Waals surface area contributed by atoms with Crippen molar-refractivity contribution in [1.82, 2.24) is 19.5 Å². The fraction of sp³-hybridized carbons (Fsp3) is 0.667. The highest BCUT2D eigenvalue weighted by molar-refractivity contribution is 7.91. The monoisotopic (exact) mass is 624 g/mol. The van der Waals surface area contributed by atoms with Crippen LogP contribution in [0.25, 0.3) is 10.2 Å². The third-order valence-corrected chi connectivity index (χ3v) is 9.53. The number of hydrogen-bond donors (Lipinski definition) is 1. The maximum Gasteiger partial charge on any atom is 0.329 e. The number of carbonyl (C=O) groups is 3. The summed E-state index contributed by atoms with van der Waals surface area (Å²) in [6.45, 7) is 16.6. The minimum Gasteiger partial charge on any atom is -0.458 e. The number of rotatable bonds is 13. The summed E-state index contributed by atoms with van der Waals surface area (Å²) in [5.41, 5.74) is -0.176. The molecule has 0 fully saturated rings. The van der Waals surface area contributed by atoms with Gasteiger partial charge in [0.15, 0.2) is 0 Å². The maximum atomic E-state index is 14.0. The number of benzene rings is 1. The highest BCUT2D eigenvalue weighted by Crippen LogP contribution is 2.26. The van der Waals surface area contributed by atoms with E-state index in [-0.39, 0.29) is 28.5 Å². The predicted octanol–water partition coefficient (Wildman–Crippen LogP) is 4.69. The highest BCUT2D eigenvalue weighted by Gasteiger charge is 2.40. The Labute approximate surface area is 255 Å². The topological polar surface area (TPSA) is 126 Å². The summed E-state index contributed by atoms with van der Waals surface area (Å²) in [4.78, 5) is 48.0. The van der Waals surface area contributed by atoms with Gasteiger partial charge in [-0.2, -0.15) is 4.72 Å². The Hall–Kier alpha value is -2.57. The molecule has 1 N–H and O–H groups in total. The number of nitrogens with one attached hydrogen (secondary N) is 1. The molecule has 12 heteroatoms. The molecule has 0 aliphatic carbocycles. The number of sulfonamides is 1. The van der Waals surface area contributed by atoms with Gasteiger partial charge in [-0.25, -0.2) is 18.2 Å². The maximum absolute atomic E-state index is 14.0. The van der Waals surface area contributed by atoms with Crippen molar-refractivity contribution >= 4 is 49.4 Å². The van der Waals surface area contributed by atoms with Gasteiger partial charge in [0.2, 0.25) is 16.2 Å². The first-order valence-corrected chi connectivity index (χ1v) is 16.7. The molecule has 236 valence electrons. The highest BCUT2D eigenvalue weighted by atomic mass is 32.2. The van der Waals surface area contributed by atoms with Crippen LogP contribution in [-0.4, -0.2) is 78.8 Å². The molecule has 0 aliphatic rings. The first-order valence-electron chi connectivity index (χ1n) is 14.4. The van der Waals surface area contributed by atoms with Gasteiger partial charge in [-0.05, 0) is 63.5 Å². The minimum atomic E-state index is -4.13. The summed E-state index contributed by atoms with van der Waals surface area (Å²) in [7, 11) is -1.07. The first-order chi connectivity index (χ1) is 19.2. The van der Waals surface area contributed by atoms with Crippen LogP contribution >= 0.6 is 11.3 Å². The molecular weight excluding hydrogens is 576 g/mol. The molecule has 0 spiro atoms. The van der Waals surface area contributed by atoms with E-state index in [1.54, 1.807) is 52.1 Å². The standard InChI is InChI=1S/C30H48N4O6S2/c1-18(2)16-22(32-42(38,39)29-31-21-14-12-13-15-24(21)41-29)26(35)33(10)23(17-19(3)4)27(36)34(11)25(20(5)6)28(37)40-30(7,8)9/h12-15,18-20,22-23,25,32H,16-17H2,1-11H3/t22-,23-,25-/m0/s1. The Bertz CT molecular complexity index is 1310. The van der Waals surface area contributed by atoms with Gasteiger partial charge in [-0.1, -0.05) is 53.7 Å². The lowest BCUT2D eigenvalue weighted by Gasteiger charge is -2.38. The number of esters is 1. The number of likely N-dealkylation sites (N-methyl/N-ethyl adjacent to an activating group) is 2. The van der Waals surface area contributed by atoms with E-state index in [1.165, 1.54) is 16.8 Å². The number of aromatic nitrogens is 1. The van der Waals surface area contributed by atoms with Crippen LogP contribution in [0.5, 0.6) is 0 Å². The van der Waals surface area contributed by atoms with Crippen LogP contribution in [0.3, 0.4) is 0 Å². The molecule has 42 heavy (non-hydrogen) atoms. The zero-order valence-electron chi connectivity index (χ0n) is 26.8. The number of amides is 2. The van der Waals surface area contributed by atoms with E-state index < -0.39 is 51.5 Å². The van der Waals surface area contributed by atoms with E-state index in [0.717, 1.165) is 16.0 Å². The number of carbonyl (C=O) groups excluding carboxylic acids is 3. The molecule has 2 amide bonds. The molecule has 2 rings (SSSR count). The van der Waals surface area contributed by atoms with Crippen molar-refractivity contribution < 1.29 is 27.5 Å². The lowest BCUT2D eigenvalue weighted by molar-refractivity contribution is -0.167. The van der Waals surface area contributed by atoms with E-state index in [0.29, 0.717) is 11.9 Å². The Morgan fingerprint density at radius 2 is 1.50 bits per heavy atom. The number of nitrogens with zero attached hydrogens (tertiary/aromatic N) is 3. The van der Waals surface area contributed by atoms with Gasteiger partial charge in [0.05, 0.1) is 10.2 Å². The van der Waals surface area contributed by atoms with Crippen molar-refractivity contribution in [2.45, 2.75) is 103 Å². The van der Waals surface area contributed by atoms with E-state index in [4.69, 9.17) is 4.74 Å². The van der Waals surface area contributed by atoms with E-state index in [9.17, 15) is 22.8 Å². The van der Waals surface area contributed by atoms with Crippen molar-refractivity contribution in [2.24, 2.45) is 17.8 Å². The zero-order valence-corrected chi connectivity index (χ0v) is 28.4. The van der Waals surface area contributed by atoms with Crippen LogP contribution in [0.2, 0.25) is 0 Å². The van der Waals surface area contributed by atoms with Crippen molar-refractivity contribution in [1.29, 1.82) is 0 Å². The number of thiazole rings is 1. The van der Waals surface area contributed by atoms with Crippen molar-refractivity contribution in [3.8, 4) is 0 Å². The number of para-hydroxylation sites is 1. The van der Waals surface area contributed by atoms with E-state index in [2.05, 4.69) is 9.71 Å². The molecule has 3 atom stereocenters. The predicted molar refractivity (Wildman–Crippen MR) is 166 cm³/mol. The van der Waals surface area contributed by atoms with Crippen molar-refractivity contribution in [2.75, 3.05) is 14.1 Å². The molecule has 0 saturated heterocycles. The lowest BCUT2D eigenvalue weighted by Crippen LogP contribution is -2.58. The molecule has 0 aliphatic heterocycles. The van der Waals surface area contributed by atoms with Crippen LogP contribution in [0, 0.1) is 17.8 Å². The fourth-order valence-electron chi connectivity index (χ4n) is 4.76. The normalized spacial score (nSPS) is 14.7. The van der Waals surface area contributed by atoms with Crippen LogP contribution in [0.4, 0.5) is 0 Å². The van der Waals surface area contributed by atoms with Crippen molar-refractivity contribution in [3.05, 3.63) is 24.3 Å². The lowest BCUT2D eigenvalue weighted by atomic mass is 9.96. The molecule has 1 heterocycles. The third kappa shape index (κ3) is 9.47. The molecule has 1 aromatic carbocycles. The number of hydrogen-bond acceptors (Lipinski definition) is 8. The Morgan fingerprint density at radius 1 is 0.929 bits per heavy atom. The molecular formula is C30H48N4O6S2. The molecule has 1 aromatic heterocycles. The van der Waals surface area contributed by atoms with Crippen LogP contribution in [0.15, 0.2) is 28.6 Å². The first kappa shape index (κ1) is 35.6. The van der Waals surface area contributed by atoms with Gasteiger partial charge < -0.3 is 14.5 Å². The zero-order chi connectivity index (χ0) is 32.2. The van der Waals surface area contributed by atoms with Gasteiger partial charge in [0, 0.05) is 14.1 Å². The smallest absolute Gasteiger partial charge is 0.329 e. The number of fused-ring (bicyclic) bond motifs is 1. The summed E-state index contributed by atoms with van der Waals surface area (Å²) >= 11 is 1.03. The Morgan fingerprint density at radius 3 is 2.00 bits per heavy atom. The molecule has 10 nitrogen and oxygen atoms in total. The molecule has 0 bridgehead atoms. The van der Waals surface area contributed by atoms with Gasteiger partial charge >= 0.3 is 5.97 Å². The molecule has 0 radical (unpaired) electrons. The second-order valence-corrected chi connectivity index (χ2v) is 15.9. The summed E-state index contributed by atoms with van der Waals surface area (Å²) in [6, 6.07) is 4.20. The summed E-state index contributed by atoms with van der Waals surface area (Å²) in [5, 5.41) is 0. The Balaban J connectivity index is 2.41. The molecule has 2 aromatic rings. The second-order valence-electron chi connectivity index (χ2n) is 13.0. The summed E-state index contributed by atoms with van der Waals surface area (Å²) in [5.74, 6) is -1.70. The van der Waals surface area contributed by atoms with Crippen LogP contribution in [0.1, 0.15) is 75.2 Å². The van der Waals surface area contributed by atoms with Gasteiger partial charge in [-0.15, -0.1) is 11.3 Å².